The smallest absolute Gasteiger partial charge is 0.419 e. The molecule has 0 bridgehead atoms. The van der Waals surface area contributed by atoms with Crippen molar-refractivity contribution in [3.63, 3.8) is 0 Å². The molecule has 0 fully saturated rings. The van der Waals surface area contributed by atoms with Gasteiger partial charge in [-0.25, -0.2) is 0 Å². The van der Waals surface area contributed by atoms with Gasteiger partial charge in [-0.3, -0.25) is 0 Å². The van der Waals surface area contributed by atoms with Crippen molar-refractivity contribution in [3.8, 4) is 5.75 Å². The molecular weight excluding hydrogens is 209 g/mol. The van der Waals surface area contributed by atoms with Gasteiger partial charge in [0.25, 0.3) is 0 Å². The summed E-state index contributed by atoms with van der Waals surface area (Å²) in [5.41, 5.74) is -0.551. The highest BCUT2D eigenvalue weighted by molar-refractivity contribution is 5.50. The Hall–Kier alpha value is -1.52. The summed E-state index contributed by atoms with van der Waals surface area (Å²) >= 11 is 0. The molecule has 0 aromatic heterocycles. The van der Waals surface area contributed by atoms with E-state index < -0.39 is 17.5 Å². The van der Waals surface area contributed by atoms with Crippen LogP contribution in [0.3, 0.4) is 0 Å². The number of carbonyl (C=O) groups excluding carboxylic acids is 1. The van der Waals surface area contributed by atoms with Crippen LogP contribution in [0.2, 0.25) is 0 Å². The molecule has 1 rings (SSSR count). The number of carbonyl (C=O) groups is 1. The molecule has 0 radical (unpaired) electrons. The van der Waals surface area contributed by atoms with Gasteiger partial charge in [-0.2, -0.15) is 13.2 Å². The average molecular weight is 218 g/mol. The van der Waals surface area contributed by atoms with Crippen LogP contribution in [-0.2, 0) is 17.4 Å². The number of hydrogen-bond donors (Lipinski definition) is 1. The summed E-state index contributed by atoms with van der Waals surface area (Å²) in [5, 5.41) is 9.12. The number of rotatable bonds is 3. The third-order valence-corrected chi connectivity index (χ3v) is 1.92. The van der Waals surface area contributed by atoms with Gasteiger partial charge in [0.2, 0.25) is 0 Å². The summed E-state index contributed by atoms with van der Waals surface area (Å²) in [6.45, 7) is 0. The van der Waals surface area contributed by atoms with E-state index in [0.717, 1.165) is 12.1 Å². The topological polar surface area (TPSA) is 37.3 Å². The largest absolute Gasteiger partial charge is 0.507 e. The number of aromatic hydroxyl groups is 1. The van der Waals surface area contributed by atoms with Crippen LogP contribution >= 0.6 is 0 Å². The minimum atomic E-state index is -4.55. The van der Waals surface area contributed by atoms with E-state index in [1.807, 2.05) is 0 Å². The Bertz CT molecular complexity index is 358. The quantitative estimate of drug-likeness (QED) is 0.791. The van der Waals surface area contributed by atoms with E-state index in [1.165, 1.54) is 6.07 Å². The second kappa shape index (κ2) is 4.33. The zero-order chi connectivity index (χ0) is 11.5. The molecule has 82 valence electrons. The van der Waals surface area contributed by atoms with Crippen molar-refractivity contribution in [2.24, 2.45) is 0 Å². The summed E-state index contributed by atoms with van der Waals surface area (Å²) in [6.07, 6.45) is -3.32. The lowest BCUT2D eigenvalue weighted by Gasteiger charge is -2.09. The van der Waals surface area contributed by atoms with Crippen molar-refractivity contribution in [1.82, 2.24) is 0 Å². The lowest BCUT2D eigenvalue weighted by molar-refractivity contribution is -0.138. The molecular formula is C10H9F3O2. The van der Waals surface area contributed by atoms with E-state index in [2.05, 4.69) is 0 Å². The number of hydrogen-bond acceptors (Lipinski definition) is 2. The molecule has 2 nitrogen and oxygen atoms in total. The molecule has 0 atom stereocenters. The second-order valence-corrected chi connectivity index (χ2v) is 3.05. The first kappa shape index (κ1) is 11.6. The molecule has 1 N–H and O–H groups in total. The van der Waals surface area contributed by atoms with Crippen molar-refractivity contribution < 1.29 is 23.1 Å². The highest BCUT2D eigenvalue weighted by atomic mass is 19.4. The van der Waals surface area contributed by atoms with E-state index in [4.69, 9.17) is 5.11 Å². The number of phenolic OH excluding ortho intramolecular Hbond substituents is 1. The van der Waals surface area contributed by atoms with Crippen molar-refractivity contribution >= 4 is 6.29 Å². The van der Waals surface area contributed by atoms with E-state index >= 15 is 0 Å². The molecule has 5 heteroatoms. The maximum absolute atomic E-state index is 12.2. The molecule has 0 unspecified atom stereocenters. The van der Waals surface area contributed by atoms with Crippen molar-refractivity contribution in [3.05, 3.63) is 29.3 Å². The molecule has 0 aliphatic rings. The van der Waals surface area contributed by atoms with E-state index in [-0.39, 0.29) is 6.42 Å². The lowest BCUT2D eigenvalue weighted by Crippen LogP contribution is -2.05. The average Bonchev–Trinajstić information content (AvgIpc) is 2.12. The summed E-state index contributed by atoms with van der Waals surface area (Å²) in [5.74, 6) is -0.800. The maximum atomic E-state index is 12.2. The minimum absolute atomic E-state index is 0.227. The minimum Gasteiger partial charge on any atom is -0.507 e. The van der Waals surface area contributed by atoms with Crippen molar-refractivity contribution in [2.75, 3.05) is 0 Å². The van der Waals surface area contributed by atoms with Gasteiger partial charge in [0, 0.05) is 6.42 Å². The maximum Gasteiger partial charge on any atom is 0.419 e. The van der Waals surface area contributed by atoms with E-state index in [0.29, 0.717) is 18.3 Å². The Morgan fingerprint density at radius 2 is 2.00 bits per heavy atom. The fourth-order valence-electron chi connectivity index (χ4n) is 1.20. The molecule has 0 spiro atoms. The number of aldehydes is 1. The van der Waals surface area contributed by atoms with Crippen LogP contribution < -0.4 is 0 Å². The van der Waals surface area contributed by atoms with Crippen LogP contribution in [0.4, 0.5) is 13.2 Å². The summed E-state index contributed by atoms with van der Waals surface area (Å²) < 4.78 is 36.6. The Labute approximate surface area is 84.3 Å². The first-order valence-electron chi connectivity index (χ1n) is 4.28. The first-order valence-corrected chi connectivity index (χ1v) is 4.28. The highest BCUT2D eigenvalue weighted by Gasteiger charge is 2.33. The van der Waals surface area contributed by atoms with Gasteiger partial charge in [0.15, 0.2) is 0 Å². The molecule has 1 aromatic carbocycles. The third kappa shape index (κ3) is 2.97. The van der Waals surface area contributed by atoms with Crippen LogP contribution in [0.15, 0.2) is 18.2 Å². The molecule has 0 amide bonds. The van der Waals surface area contributed by atoms with E-state index in [1.54, 1.807) is 0 Å². The Kier molecular flexibility index (Phi) is 3.34. The fraction of sp³-hybridized carbons (Fsp3) is 0.300. The second-order valence-electron chi connectivity index (χ2n) is 3.05. The van der Waals surface area contributed by atoms with Crippen LogP contribution in [0, 0.1) is 0 Å². The molecule has 0 aliphatic carbocycles. The Balaban J connectivity index is 2.93. The number of alkyl halides is 3. The van der Waals surface area contributed by atoms with Crippen molar-refractivity contribution in [1.29, 1.82) is 0 Å². The molecule has 0 saturated heterocycles. The van der Waals surface area contributed by atoms with Crippen LogP contribution in [0.1, 0.15) is 17.5 Å². The zero-order valence-corrected chi connectivity index (χ0v) is 7.71. The summed E-state index contributed by atoms with van der Waals surface area (Å²) in [4.78, 5) is 10.0. The van der Waals surface area contributed by atoms with Crippen LogP contribution in [0.5, 0.6) is 5.75 Å². The predicted octanol–water partition coefficient (Wildman–Crippen LogP) is 2.54. The fourth-order valence-corrected chi connectivity index (χ4v) is 1.20. The molecule has 0 heterocycles. The number of benzene rings is 1. The van der Waals surface area contributed by atoms with Crippen molar-refractivity contribution in [2.45, 2.75) is 19.0 Å². The van der Waals surface area contributed by atoms with Crippen LogP contribution in [-0.4, -0.2) is 11.4 Å². The van der Waals surface area contributed by atoms with E-state index in [9.17, 15) is 18.0 Å². The number of phenols is 1. The van der Waals surface area contributed by atoms with Gasteiger partial charge in [-0.1, -0.05) is 6.07 Å². The molecule has 1 aromatic rings. The summed E-state index contributed by atoms with van der Waals surface area (Å²) in [6, 6.07) is 3.10. The van der Waals surface area contributed by atoms with Crippen LogP contribution in [0.25, 0.3) is 0 Å². The van der Waals surface area contributed by atoms with Gasteiger partial charge in [-0.05, 0) is 24.1 Å². The monoisotopic (exact) mass is 218 g/mol. The predicted molar refractivity (Wildman–Crippen MR) is 47.5 cm³/mol. The Morgan fingerprint density at radius 1 is 1.33 bits per heavy atom. The van der Waals surface area contributed by atoms with Gasteiger partial charge in [0.1, 0.15) is 12.0 Å². The lowest BCUT2D eigenvalue weighted by atomic mass is 10.1. The number of halogens is 3. The number of aryl methyl sites for hydroxylation is 1. The SMILES string of the molecule is O=CCCc1ccc(C(F)(F)F)c(O)c1. The van der Waals surface area contributed by atoms with Gasteiger partial charge in [0.05, 0.1) is 5.56 Å². The zero-order valence-electron chi connectivity index (χ0n) is 7.71. The summed E-state index contributed by atoms with van der Waals surface area (Å²) in [7, 11) is 0. The van der Waals surface area contributed by atoms with Gasteiger partial charge < -0.3 is 9.90 Å². The third-order valence-electron chi connectivity index (χ3n) is 1.92. The first-order chi connectivity index (χ1) is 6.95. The highest BCUT2D eigenvalue weighted by Crippen LogP contribution is 2.35. The molecule has 15 heavy (non-hydrogen) atoms. The molecule has 0 aliphatic heterocycles. The van der Waals surface area contributed by atoms with Gasteiger partial charge in [-0.15, -0.1) is 0 Å². The Morgan fingerprint density at radius 3 is 2.47 bits per heavy atom. The normalized spacial score (nSPS) is 11.4. The standard InChI is InChI=1S/C10H9F3O2/c11-10(12,13)8-4-3-7(2-1-5-14)6-9(8)15/h3-6,15H,1-2H2. The molecule has 0 saturated carbocycles. The van der Waals surface area contributed by atoms with Gasteiger partial charge >= 0.3 is 6.18 Å².